The summed E-state index contributed by atoms with van der Waals surface area (Å²) in [5.41, 5.74) is 0.644. The van der Waals surface area contributed by atoms with Gasteiger partial charge in [-0.2, -0.15) is 0 Å². The van der Waals surface area contributed by atoms with Crippen molar-refractivity contribution in [3.63, 3.8) is 0 Å². The van der Waals surface area contributed by atoms with E-state index in [-0.39, 0.29) is 12.5 Å². The molecule has 1 saturated heterocycles. The van der Waals surface area contributed by atoms with E-state index in [0.717, 1.165) is 25.9 Å². The summed E-state index contributed by atoms with van der Waals surface area (Å²) in [4.78, 5) is 13.1. The Hall–Kier alpha value is -1.75. The quantitative estimate of drug-likeness (QED) is 0.890. The number of nitrogens with zero attached hydrogens (tertiary/aromatic N) is 1. The highest BCUT2D eigenvalue weighted by Crippen LogP contribution is 2.33. The molecule has 110 valence electrons. The number of para-hydroxylation sites is 1. The van der Waals surface area contributed by atoms with E-state index in [1.165, 1.54) is 0 Å². The van der Waals surface area contributed by atoms with Crippen LogP contribution in [0.3, 0.4) is 0 Å². The van der Waals surface area contributed by atoms with Crippen LogP contribution < -0.4 is 9.47 Å². The van der Waals surface area contributed by atoms with Crippen LogP contribution in [0.4, 0.5) is 0 Å². The molecule has 0 bridgehead atoms. The Balaban J connectivity index is 2.12. The lowest BCUT2D eigenvalue weighted by Crippen LogP contribution is -2.35. The topological polar surface area (TPSA) is 59.0 Å². The molecule has 1 N–H and O–H groups in total. The van der Waals surface area contributed by atoms with Crippen LogP contribution >= 0.6 is 0 Å². The van der Waals surface area contributed by atoms with Crippen molar-refractivity contribution in [1.29, 1.82) is 0 Å². The molecule has 0 amide bonds. The number of methoxy groups -OCH3 is 1. The largest absolute Gasteiger partial charge is 0.493 e. The van der Waals surface area contributed by atoms with Crippen LogP contribution in [0.1, 0.15) is 18.4 Å². The van der Waals surface area contributed by atoms with Gasteiger partial charge < -0.3 is 19.5 Å². The molecule has 0 radical (unpaired) electrons. The summed E-state index contributed by atoms with van der Waals surface area (Å²) in [7, 11) is 3.65. The third kappa shape index (κ3) is 3.63. The van der Waals surface area contributed by atoms with Crippen LogP contribution in [0.15, 0.2) is 18.2 Å². The van der Waals surface area contributed by atoms with Crippen molar-refractivity contribution < 1.29 is 19.4 Å². The number of carboxylic acid groups (broad SMARTS) is 1. The fourth-order valence-electron chi connectivity index (χ4n) is 2.47. The van der Waals surface area contributed by atoms with Gasteiger partial charge in [0.25, 0.3) is 0 Å². The predicted molar refractivity (Wildman–Crippen MR) is 75.5 cm³/mol. The van der Waals surface area contributed by atoms with E-state index in [2.05, 4.69) is 11.9 Å². The van der Waals surface area contributed by atoms with Crippen LogP contribution in [0.25, 0.3) is 0 Å². The van der Waals surface area contributed by atoms with Gasteiger partial charge >= 0.3 is 5.97 Å². The van der Waals surface area contributed by atoms with Crippen molar-refractivity contribution in [1.82, 2.24) is 4.90 Å². The number of ether oxygens (including phenoxy) is 2. The highest BCUT2D eigenvalue weighted by molar-refractivity contribution is 5.72. The van der Waals surface area contributed by atoms with Crippen LogP contribution in [0, 0.1) is 0 Å². The summed E-state index contributed by atoms with van der Waals surface area (Å²) in [6.07, 6.45) is 2.06. The number of rotatable bonds is 5. The number of benzene rings is 1. The van der Waals surface area contributed by atoms with E-state index >= 15 is 0 Å². The first-order chi connectivity index (χ1) is 9.60. The van der Waals surface area contributed by atoms with E-state index < -0.39 is 5.97 Å². The maximum atomic E-state index is 10.9. The molecule has 5 heteroatoms. The molecule has 1 aromatic rings. The molecule has 0 spiro atoms. The molecule has 1 aliphatic rings. The first kappa shape index (κ1) is 14.7. The normalized spacial score (nSPS) is 16.9. The minimum absolute atomic E-state index is 0.0617. The molecule has 0 unspecified atom stereocenters. The molecular weight excluding hydrogens is 258 g/mol. The van der Waals surface area contributed by atoms with Gasteiger partial charge in [0.05, 0.1) is 13.5 Å². The number of piperidine rings is 1. The van der Waals surface area contributed by atoms with Gasteiger partial charge in [0.1, 0.15) is 6.10 Å². The molecule has 5 nitrogen and oxygen atoms in total. The van der Waals surface area contributed by atoms with Crippen molar-refractivity contribution in [2.75, 3.05) is 27.2 Å². The SMILES string of the molecule is COc1c(CC(=O)O)cccc1OC1CCN(C)CC1. The lowest BCUT2D eigenvalue weighted by atomic mass is 10.1. The lowest BCUT2D eigenvalue weighted by Gasteiger charge is -2.29. The Bertz CT molecular complexity index is 467. The minimum Gasteiger partial charge on any atom is -0.493 e. The van der Waals surface area contributed by atoms with E-state index in [9.17, 15) is 4.79 Å². The van der Waals surface area contributed by atoms with E-state index in [4.69, 9.17) is 14.6 Å². The maximum absolute atomic E-state index is 10.9. The minimum atomic E-state index is -0.875. The standard InChI is InChI=1S/C15H21NO4/c1-16-8-6-12(7-9-16)20-13-5-3-4-11(10-14(17)18)15(13)19-2/h3-5,12H,6-10H2,1-2H3,(H,17,18). The number of hydrogen-bond donors (Lipinski definition) is 1. The molecule has 0 saturated carbocycles. The third-order valence-corrected chi connectivity index (χ3v) is 3.57. The molecule has 1 aromatic carbocycles. The Labute approximate surface area is 119 Å². The first-order valence-corrected chi connectivity index (χ1v) is 6.83. The molecular formula is C15H21NO4. The molecule has 0 atom stereocenters. The monoisotopic (exact) mass is 279 g/mol. The van der Waals surface area contributed by atoms with Crippen LogP contribution in [-0.2, 0) is 11.2 Å². The van der Waals surface area contributed by atoms with E-state index in [1.807, 2.05) is 12.1 Å². The van der Waals surface area contributed by atoms with Crippen molar-refractivity contribution in [2.45, 2.75) is 25.4 Å². The van der Waals surface area contributed by atoms with Gasteiger partial charge in [0, 0.05) is 18.7 Å². The second-order valence-electron chi connectivity index (χ2n) is 5.14. The summed E-state index contributed by atoms with van der Waals surface area (Å²) < 4.78 is 11.3. The summed E-state index contributed by atoms with van der Waals surface area (Å²) in [5.74, 6) is 0.300. The lowest BCUT2D eigenvalue weighted by molar-refractivity contribution is -0.136. The zero-order chi connectivity index (χ0) is 14.5. The Morgan fingerprint density at radius 1 is 1.40 bits per heavy atom. The smallest absolute Gasteiger partial charge is 0.307 e. The third-order valence-electron chi connectivity index (χ3n) is 3.57. The summed E-state index contributed by atoms with van der Waals surface area (Å²) in [6.45, 7) is 2.03. The average molecular weight is 279 g/mol. The molecule has 2 rings (SSSR count). The van der Waals surface area contributed by atoms with Gasteiger partial charge in [-0.1, -0.05) is 12.1 Å². The number of aliphatic carboxylic acids is 1. The number of carbonyl (C=O) groups is 1. The summed E-state index contributed by atoms with van der Waals surface area (Å²) in [5, 5.41) is 8.93. The molecule has 0 aromatic heterocycles. The second kappa shape index (κ2) is 6.61. The molecule has 1 aliphatic heterocycles. The highest BCUT2D eigenvalue weighted by atomic mass is 16.5. The van der Waals surface area contributed by atoms with Crippen molar-refractivity contribution >= 4 is 5.97 Å². The van der Waals surface area contributed by atoms with Gasteiger partial charge in [0.2, 0.25) is 0 Å². The number of carboxylic acids is 1. The van der Waals surface area contributed by atoms with Gasteiger partial charge in [0.15, 0.2) is 11.5 Å². The first-order valence-electron chi connectivity index (χ1n) is 6.83. The summed E-state index contributed by atoms with van der Waals surface area (Å²) in [6, 6.07) is 5.40. The van der Waals surface area contributed by atoms with Gasteiger partial charge in [-0.25, -0.2) is 0 Å². The van der Waals surface area contributed by atoms with E-state index in [0.29, 0.717) is 17.1 Å². The van der Waals surface area contributed by atoms with Gasteiger partial charge in [-0.15, -0.1) is 0 Å². The zero-order valence-corrected chi connectivity index (χ0v) is 12.0. The molecule has 20 heavy (non-hydrogen) atoms. The Kier molecular flexibility index (Phi) is 4.84. The molecule has 1 fully saturated rings. The van der Waals surface area contributed by atoms with Crippen molar-refractivity contribution in [3.8, 4) is 11.5 Å². The molecule has 0 aliphatic carbocycles. The van der Waals surface area contributed by atoms with Crippen LogP contribution in [0.2, 0.25) is 0 Å². The average Bonchev–Trinajstić information content (AvgIpc) is 2.41. The van der Waals surface area contributed by atoms with E-state index in [1.54, 1.807) is 13.2 Å². The van der Waals surface area contributed by atoms with Crippen molar-refractivity contribution in [2.24, 2.45) is 0 Å². The Morgan fingerprint density at radius 3 is 2.70 bits per heavy atom. The van der Waals surface area contributed by atoms with Crippen LogP contribution in [0.5, 0.6) is 11.5 Å². The molecule has 1 heterocycles. The summed E-state index contributed by atoms with van der Waals surface area (Å²) >= 11 is 0. The number of hydrogen-bond acceptors (Lipinski definition) is 4. The maximum Gasteiger partial charge on any atom is 0.307 e. The number of likely N-dealkylation sites (tertiary alicyclic amines) is 1. The fourth-order valence-corrected chi connectivity index (χ4v) is 2.47. The van der Waals surface area contributed by atoms with Crippen molar-refractivity contribution in [3.05, 3.63) is 23.8 Å². The second-order valence-corrected chi connectivity index (χ2v) is 5.14. The zero-order valence-electron chi connectivity index (χ0n) is 12.0. The van der Waals surface area contributed by atoms with Gasteiger partial charge in [-0.3, -0.25) is 4.79 Å². The van der Waals surface area contributed by atoms with Crippen LogP contribution in [-0.4, -0.2) is 49.3 Å². The fraction of sp³-hybridized carbons (Fsp3) is 0.533. The van der Waals surface area contributed by atoms with Gasteiger partial charge in [-0.05, 0) is 26.0 Å². The Morgan fingerprint density at radius 2 is 2.10 bits per heavy atom. The highest BCUT2D eigenvalue weighted by Gasteiger charge is 2.20. The predicted octanol–water partition coefficient (Wildman–Crippen LogP) is 1.80.